The van der Waals surface area contributed by atoms with Crippen molar-refractivity contribution in [1.82, 2.24) is 9.55 Å². The van der Waals surface area contributed by atoms with E-state index in [0.29, 0.717) is 0 Å². The Hall–Kier alpha value is -0.990. The molecule has 0 radical (unpaired) electrons. The molecule has 2 rings (SSSR count). The number of hydrogen-bond donors (Lipinski definition) is 4. The molecule has 2 heterocycles. The van der Waals surface area contributed by atoms with Crippen LogP contribution in [0.2, 0.25) is 0 Å². The van der Waals surface area contributed by atoms with Gasteiger partial charge in [0.05, 0.1) is 18.7 Å². The van der Waals surface area contributed by atoms with E-state index < -0.39 is 60.3 Å². The topological polar surface area (TPSA) is 250 Å². The molecule has 0 spiro atoms. The van der Waals surface area contributed by atoms with Crippen LogP contribution in [-0.4, -0.2) is 53.9 Å². The van der Waals surface area contributed by atoms with Crippen molar-refractivity contribution in [1.29, 1.82) is 0 Å². The van der Waals surface area contributed by atoms with Crippen LogP contribution in [0.4, 0.5) is 0 Å². The summed E-state index contributed by atoms with van der Waals surface area (Å²) in [5.74, 6) is -0.487. The third kappa shape index (κ3) is 7.03. The average molecular weight is 480 g/mol. The van der Waals surface area contributed by atoms with Gasteiger partial charge >= 0.3 is 15.6 Å². The Morgan fingerprint density at radius 1 is 1.31 bits per heavy atom. The Morgan fingerprint density at radius 2 is 1.93 bits per heavy atom. The van der Waals surface area contributed by atoms with Crippen LogP contribution in [0, 0.1) is 0 Å². The fraction of sp³-hybridized carbons (Fsp3) is 0.600. The summed E-state index contributed by atoms with van der Waals surface area (Å²) in [6.45, 7) is 0.278. The number of hydrogen-bond acceptors (Lipinski definition) is 12. The molecule has 4 N–H and O–H groups in total. The zero-order chi connectivity index (χ0) is 22.2. The van der Waals surface area contributed by atoms with E-state index in [1.807, 2.05) is 0 Å². The average Bonchev–Trinajstić information content (AvgIpc) is 3.04. The normalized spacial score (nSPS) is 28.4. The molecule has 1 aliphatic heterocycles. The number of nitrogens with zero attached hydrogens (tertiary/aromatic N) is 2. The lowest BCUT2D eigenvalue weighted by Crippen LogP contribution is -2.26. The fourth-order valence-electron chi connectivity index (χ4n) is 2.26. The molecule has 6 atom stereocenters. The Labute approximate surface area is 162 Å². The van der Waals surface area contributed by atoms with E-state index >= 15 is 0 Å². The summed E-state index contributed by atoms with van der Waals surface area (Å²) < 4.78 is 50.8. The highest BCUT2D eigenvalue weighted by Crippen LogP contribution is 2.65. The third-order valence-electron chi connectivity index (χ3n) is 3.39. The van der Waals surface area contributed by atoms with E-state index in [1.54, 1.807) is 0 Å². The van der Waals surface area contributed by atoms with E-state index in [-0.39, 0.29) is 12.1 Å². The minimum absolute atomic E-state index is 0.140. The maximum atomic E-state index is 11.8. The molecule has 29 heavy (non-hydrogen) atoms. The molecule has 1 aromatic heterocycles. The Bertz CT molecular complexity index is 909. The fourth-order valence-corrected chi connectivity index (χ4v) is 5.25. The van der Waals surface area contributed by atoms with E-state index in [4.69, 9.17) is 14.5 Å². The number of imidazole rings is 1. The van der Waals surface area contributed by atoms with Gasteiger partial charge in [-0.2, -0.15) is 4.31 Å². The maximum absolute atomic E-state index is 11.8. The van der Waals surface area contributed by atoms with Gasteiger partial charge in [0.1, 0.15) is 18.0 Å². The number of aromatic nitrogens is 2. The number of rotatable bonds is 9. The van der Waals surface area contributed by atoms with Crippen LogP contribution in [0.1, 0.15) is 30.1 Å². The third-order valence-corrected chi connectivity index (χ3v) is 7.17. The van der Waals surface area contributed by atoms with Crippen LogP contribution in [0.3, 0.4) is 0 Å². The van der Waals surface area contributed by atoms with Crippen molar-refractivity contribution in [3.63, 3.8) is 0 Å². The molecule has 19 heteroatoms. The molecular weight excluding hydrogens is 465 g/mol. The van der Waals surface area contributed by atoms with Crippen molar-refractivity contribution in [3.8, 4) is 6.01 Å². The molecule has 1 aliphatic rings. The van der Waals surface area contributed by atoms with E-state index in [2.05, 4.69) is 18.1 Å². The second-order valence-electron chi connectivity index (χ2n) is 5.67. The minimum Gasteiger partial charge on any atom is -0.846 e. The second-order valence-corrected chi connectivity index (χ2v) is 10.0. The molecule has 1 aromatic rings. The van der Waals surface area contributed by atoms with Crippen LogP contribution < -0.4 is 10.00 Å². The van der Waals surface area contributed by atoms with Gasteiger partial charge in [0.2, 0.25) is 0 Å². The van der Waals surface area contributed by atoms with Gasteiger partial charge in [-0.15, -0.1) is 0 Å². The standard InChI is InChI=1S/C10H17N2O14P3/c1-5(13)6-3-12(10(15)11-6)9-2-7(14)8(24-9)4-23-28(19,20)26-29(21,22)25-27(16,17)18/h3,7-9,14H,2,4H2,1H3,(H,11,15)(H,19,20)(H,21,22)(H2,16,17,18)/p-2/t7-,8+,9+/m0/s1. The van der Waals surface area contributed by atoms with Crippen molar-refractivity contribution in [3.05, 3.63) is 11.9 Å². The van der Waals surface area contributed by atoms with E-state index in [1.165, 1.54) is 6.92 Å². The quantitative estimate of drug-likeness (QED) is 0.232. The van der Waals surface area contributed by atoms with Crippen molar-refractivity contribution in [2.75, 3.05) is 6.61 Å². The summed E-state index contributed by atoms with van der Waals surface area (Å²) in [5, 5.41) is 21.7. The number of phosphoric acid groups is 3. The summed E-state index contributed by atoms with van der Waals surface area (Å²) in [6, 6.07) is -0.838. The monoisotopic (exact) mass is 480 g/mol. The molecule has 0 saturated carbocycles. The lowest BCUT2D eigenvalue weighted by molar-refractivity contribution is -0.289. The molecule has 0 amide bonds. The zero-order valence-corrected chi connectivity index (χ0v) is 17.0. The minimum atomic E-state index is -5.78. The first kappa shape index (κ1) is 24.3. The number of aliphatic hydroxyl groups is 1. The van der Waals surface area contributed by atoms with Gasteiger partial charge in [-0.3, -0.25) is 13.9 Å². The highest BCUT2D eigenvalue weighted by atomic mass is 31.3. The number of carbonyl (C=O) groups is 1. The SMILES string of the molecule is CC(=O)c1cn([C@H]2C[C@H](O)[C@@H](COP(=O)(O)OP(=O)(O)OP(=O)([O-])O)O2)c([O-])n1. The molecule has 0 aromatic carbocycles. The van der Waals surface area contributed by atoms with Crippen LogP contribution in [0.5, 0.6) is 6.01 Å². The predicted octanol–water partition coefficient (Wildman–Crippen LogP) is -1.48. The number of Topliss-reactive ketones (excluding diaryl/α,β-unsaturated/α-hetero) is 1. The molecule has 0 aliphatic carbocycles. The number of phosphoric ester groups is 1. The van der Waals surface area contributed by atoms with Gasteiger partial charge in [-0.1, -0.05) is 0 Å². The van der Waals surface area contributed by atoms with Crippen LogP contribution in [-0.2, 0) is 31.6 Å². The number of carbonyl (C=O) groups excluding carboxylic acids is 1. The van der Waals surface area contributed by atoms with Gasteiger partial charge in [-0.25, -0.2) is 18.4 Å². The first-order chi connectivity index (χ1) is 13.1. The van der Waals surface area contributed by atoms with Crippen molar-refractivity contribution >= 4 is 29.3 Å². The molecule has 16 nitrogen and oxygen atoms in total. The molecule has 1 fully saturated rings. The molecule has 166 valence electrons. The van der Waals surface area contributed by atoms with Gasteiger partial charge in [0.15, 0.2) is 5.78 Å². The first-order valence-corrected chi connectivity index (χ1v) is 11.9. The van der Waals surface area contributed by atoms with E-state index in [0.717, 1.165) is 10.8 Å². The largest absolute Gasteiger partial charge is 0.846 e. The summed E-state index contributed by atoms with van der Waals surface area (Å²) in [4.78, 5) is 51.9. The molecule has 3 unspecified atom stereocenters. The second kappa shape index (κ2) is 8.63. The summed E-state index contributed by atoms with van der Waals surface area (Å²) in [5.41, 5.74) is -0.140. The highest BCUT2D eigenvalue weighted by molar-refractivity contribution is 7.66. The predicted molar refractivity (Wildman–Crippen MR) is 83.8 cm³/mol. The molecule has 0 bridgehead atoms. The van der Waals surface area contributed by atoms with Gasteiger partial charge in [0.25, 0.3) is 7.82 Å². The number of ketones is 1. The summed E-state index contributed by atoms with van der Waals surface area (Å²) in [6.07, 6.45) is -2.85. The van der Waals surface area contributed by atoms with Gasteiger partial charge in [0, 0.05) is 19.5 Å². The van der Waals surface area contributed by atoms with E-state index in [9.17, 15) is 38.5 Å². The van der Waals surface area contributed by atoms with Crippen molar-refractivity contribution in [2.24, 2.45) is 0 Å². The number of ether oxygens (including phenoxy) is 1. The Morgan fingerprint density at radius 3 is 2.45 bits per heavy atom. The molecule has 1 saturated heterocycles. The van der Waals surface area contributed by atoms with Crippen molar-refractivity contribution < 1.29 is 66.2 Å². The molecular formula is C10H15N2O14P3-2. The van der Waals surface area contributed by atoms with Crippen molar-refractivity contribution in [2.45, 2.75) is 31.8 Å². The van der Waals surface area contributed by atoms with Crippen LogP contribution >= 0.6 is 23.5 Å². The lowest BCUT2D eigenvalue weighted by atomic mass is 10.2. The summed E-state index contributed by atoms with van der Waals surface area (Å²) >= 11 is 0. The zero-order valence-electron chi connectivity index (χ0n) is 14.3. The Kier molecular flexibility index (Phi) is 7.23. The van der Waals surface area contributed by atoms with Gasteiger partial charge < -0.3 is 39.1 Å². The first-order valence-electron chi connectivity index (χ1n) is 7.45. The maximum Gasteiger partial charge on any atom is 0.487 e. The van der Waals surface area contributed by atoms with Gasteiger partial charge in [-0.05, 0) is 0 Å². The highest BCUT2D eigenvalue weighted by Gasteiger charge is 2.41. The lowest BCUT2D eigenvalue weighted by Gasteiger charge is -2.22. The Balaban J connectivity index is 1.99. The van der Waals surface area contributed by atoms with Crippen LogP contribution in [0.15, 0.2) is 6.20 Å². The summed E-state index contributed by atoms with van der Waals surface area (Å²) in [7, 11) is -16.9. The number of aliphatic hydroxyl groups excluding tert-OH is 1. The smallest absolute Gasteiger partial charge is 0.487 e. The van der Waals surface area contributed by atoms with Crippen LogP contribution in [0.25, 0.3) is 0 Å².